The lowest BCUT2D eigenvalue weighted by Gasteiger charge is -2.32. The highest BCUT2D eigenvalue weighted by Crippen LogP contribution is 2.28. The first-order valence-electron chi connectivity index (χ1n) is 13.7. The molecular weight excluding hydrogens is 466 g/mol. The molecule has 37 heavy (non-hydrogen) atoms. The maximum Gasteiger partial charge on any atom is 0.320 e. The molecule has 3 aliphatic heterocycles. The number of aliphatic hydroxyl groups excluding tert-OH is 1. The summed E-state index contributed by atoms with van der Waals surface area (Å²) in [5.74, 6) is 0.669. The minimum absolute atomic E-state index is 0.0260. The fourth-order valence-corrected chi connectivity index (χ4v) is 5.92. The van der Waals surface area contributed by atoms with Gasteiger partial charge in [-0.25, -0.2) is 4.79 Å². The zero-order valence-electron chi connectivity index (χ0n) is 21.9. The van der Waals surface area contributed by atoms with Gasteiger partial charge in [0.1, 0.15) is 0 Å². The number of amides is 3. The molecular formula is C29H39N5O3. The number of aromatic nitrogens is 1. The van der Waals surface area contributed by atoms with E-state index < -0.39 is 6.10 Å². The maximum absolute atomic E-state index is 13.0. The van der Waals surface area contributed by atoms with Crippen molar-refractivity contribution in [3.8, 4) is 0 Å². The lowest BCUT2D eigenvalue weighted by atomic mass is 9.90. The van der Waals surface area contributed by atoms with Crippen LogP contribution in [0.2, 0.25) is 0 Å². The first-order valence-corrected chi connectivity index (χ1v) is 13.7. The van der Waals surface area contributed by atoms with Crippen molar-refractivity contribution in [1.29, 1.82) is 0 Å². The van der Waals surface area contributed by atoms with E-state index in [-0.39, 0.29) is 11.9 Å². The molecule has 4 heterocycles. The number of β-amino-alcohol motifs (C(OH)–C–C–N with tert-alkyl or cyclic N) is 1. The number of aliphatic hydroxyl groups is 1. The normalized spacial score (nSPS) is 19.8. The molecule has 0 radical (unpaired) electrons. The number of fused-ring (bicyclic) bond motifs is 1. The summed E-state index contributed by atoms with van der Waals surface area (Å²) in [6, 6.07) is 12.6. The lowest BCUT2D eigenvalue weighted by Crippen LogP contribution is -2.43. The van der Waals surface area contributed by atoms with Crippen LogP contribution in [0.5, 0.6) is 0 Å². The van der Waals surface area contributed by atoms with Crippen LogP contribution < -0.4 is 0 Å². The van der Waals surface area contributed by atoms with Crippen molar-refractivity contribution in [3.05, 3.63) is 65.0 Å². The summed E-state index contributed by atoms with van der Waals surface area (Å²) in [4.78, 5) is 37.4. The van der Waals surface area contributed by atoms with Crippen molar-refractivity contribution in [3.63, 3.8) is 0 Å². The van der Waals surface area contributed by atoms with Gasteiger partial charge in [-0.15, -0.1) is 0 Å². The van der Waals surface area contributed by atoms with E-state index in [1.54, 1.807) is 4.90 Å². The Hall–Kier alpha value is -2.97. The SMILES string of the molecule is CCC(=O)N1CCC(c2ccc(CN3CCN(CC(O)CN4CCc5ccccc5C4)C3=O)nc2)CC1. The van der Waals surface area contributed by atoms with Crippen molar-refractivity contribution < 1.29 is 14.7 Å². The van der Waals surface area contributed by atoms with Crippen LogP contribution in [0.25, 0.3) is 0 Å². The van der Waals surface area contributed by atoms with E-state index in [1.807, 2.05) is 29.0 Å². The van der Waals surface area contributed by atoms with Crippen molar-refractivity contribution >= 4 is 11.9 Å². The van der Waals surface area contributed by atoms with Gasteiger partial charge in [0.2, 0.25) is 5.91 Å². The number of carbonyl (C=O) groups excluding carboxylic acids is 2. The summed E-state index contributed by atoms with van der Waals surface area (Å²) in [5, 5.41) is 10.7. The number of nitrogens with zero attached hydrogens (tertiary/aromatic N) is 5. The van der Waals surface area contributed by atoms with Gasteiger partial charge in [0, 0.05) is 65.0 Å². The largest absolute Gasteiger partial charge is 0.390 e. The summed E-state index contributed by atoms with van der Waals surface area (Å²) in [6.07, 6.45) is 4.89. The van der Waals surface area contributed by atoms with Gasteiger partial charge >= 0.3 is 6.03 Å². The Morgan fingerprint density at radius 2 is 1.76 bits per heavy atom. The van der Waals surface area contributed by atoms with Gasteiger partial charge in [0.05, 0.1) is 18.3 Å². The van der Waals surface area contributed by atoms with Gasteiger partial charge in [-0.1, -0.05) is 37.3 Å². The second kappa shape index (κ2) is 11.6. The Bertz CT molecular complexity index is 1080. The maximum atomic E-state index is 13.0. The van der Waals surface area contributed by atoms with Crippen molar-refractivity contribution in [2.75, 3.05) is 45.8 Å². The number of benzene rings is 1. The van der Waals surface area contributed by atoms with Crippen LogP contribution in [-0.4, -0.2) is 93.5 Å². The van der Waals surface area contributed by atoms with Crippen LogP contribution in [0.15, 0.2) is 42.6 Å². The van der Waals surface area contributed by atoms with Crippen LogP contribution in [-0.2, 0) is 24.3 Å². The smallest absolute Gasteiger partial charge is 0.320 e. The van der Waals surface area contributed by atoms with E-state index in [0.29, 0.717) is 45.1 Å². The van der Waals surface area contributed by atoms with Crippen molar-refractivity contribution in [1.82, 2.24) is 24.6 Å². The monoisotopic (exact) mass is 505 g/mol. The number of rotatable bonds is 8. The van der Waals surface area contributed by atoms with E-state index in [9.17, 15) is 14.7 Å². The molecule has 2 aromatic rings. The van der Waals surface area contributed by atoms with E-state index in [1.165, 1.54) is 16.7 Å². The van der Waals surface area contributed by atoms with E-state index in [4.69, 9.17) is 0 Å². The van der Waals surface area contributed by atoms with Gasteiger partial charge in [-0.3, -0.25) is 14.7 Å². The number of likely N-dealkylation sites (tertiary alicyclic amines) is 1. The number of carbonyl (C=O) groups is 2. The molecule has 198 valence electrons. The molecule has 5 rings (SSSR count). The average Bonchev–Trinajstić information content (AvgIpc) is 3.26. The number of piperidine rings is 1. The van der Waals surface area contributed by atoms with Crippen molar-refractivity contribution in [2.24, 2.45) is 0 Å². The Morgan fingerprint density at radius 1 is 1.00 bits per heavy atom. The molecule has 2 fully saturated rings. The van der Waals surface area contributed by atoms with Crippen LogP contribution in [0.3, 0.4) is 0 Å². The molecule has 2 saturated heterocycles. The van der Waals surface area contributed by atoms with E-state index in [2.05, 4.69) is 40.2 Å². The molecule has 8 heteroatoms. The zero-order valence-corrected chi connectivity index (χ0v) is 21.9. The highest BCUT2D eigenvalue weighted by molar-refractivity contribution is 5.76. The first kappa shape index (κ1) is 25.7. The number of urea groups is 1. The summed E-state index contributed by atoms with van der Waals surface area (Å²) in [5.41, 5.74) is 4.82. The van der Waals surface area contributed by atoms with Gasteiger partial charge in [-0.05, 0) is 47.9 Å². The number of hydrogen-bond donors (Lipinski definition) is 1. The first-order chi connectivity index (χ1) is 18.0. The fourth-order valence-electron chi connectivity index (χ4n) is 5.92. The molecule has 1 aromatic heterocycles. The molecule has 1 atom stereocenters. The summed E-state index contributed by atoms with van der Waals surface area (Å²) >= 11 is 0. The minimum atomic E-state index is -0.564. The Kier molecular flexibility index (Phi) is 8.05. The van der Waals surface area contributed by atoms with E-state index >= 15 is 0 Å². The molecule has 1 aromatic carbocycles. The molecule has 0 aliphatic carbocycles. The predicted molar refractivity (Wildman–Crippen MR) is 142 cm³/mol. The second-order valence-electron chi connectivity index (χ2n) is 10.6. The Labute approximate surface area is 219 Å². The molecule has 0 bridgehead atoms. The summed E-state index contributed by atoms with van der Waals surface area (Å²) in [6.45, 7) is 8.03. The molecule has 1 unspecified atom stereocenters. The quantitative estimate of drug-likeness (QED) is 0.597. The molecule has 3 amide bonds. The van der Waals surface area contributed by atoms with Crippen LogP contribution >= 0.6 is 0 Å². The van der Waals surface area contributed by atoms with Crippen LogP contribution in [0.1, 0.15) is 54.5 Å². The molecule has 3 aliphatic rings. The second-order valence-corrected chi connectivity index (χ2v) is 10.6. The van der Waals surface area contributed by atoms with Crippen LogP contribution in [0, 0.1) is 0 Å². The molecule has 0 saturated carbocycles. The highest BCUT2D eigenvalue weighted by atomic mass is 16.3. The van der Waals surface area contributed by atoms with Gasteiger partial charge in [0.15, 0.2) is 0 Å². The van der Waals surface area contributed by atoms with Gasteiger partial charge in [0.25, 0.3) is 0 Å². The Morgan fingerprint density at radius 3 is 2.49 bits per heavy atom. The molecule has 1 N–H and O–H groups in total. The molecule has 0 spiro atoms. The third-order valence-electron chi connectivity index (χ3n) is 8.11. The topological polar surface area (TPSA) is 80.2 Å². The fraction of sp³-hybridized carbons (Fsp3) is 0.552. The predicted octanol–water partition coefficient (Wildman–Crippen LogP) is 2.85. The number of hydrogen-bond acceptors (Lipinski definition) is 5. The molecule has 8 nitrogen and oxygen atoms in total. The standard InChI is InChI=1S/C29H39N5O3/c1-2-28(36)32-13-10-23(11-14-32)24-7-8-26(30-17-24)19-33-15-16-34(29(33)37)21-27(35)20-31-12-9-22-5-3-4-6-25(22)18-31/h3-8,17,23,27,35H,2,9-16,18-21H2,1H3. The summed E-state index contributed by atoms with van der Waals surface area (Å²) < 4.78 is 0. The van der Waals surface area contributed by atoms with Gasteiger partial charge < -0.3 is 19.8 Å². The van der Waals surface area contributed by atoms with Gasteiger partial charge in [-0.2, -0.15) is 0 Å². The third kappa shape index (κ3) is 6.13. The zero-order chi connectivity index (χ0) is 25.8. The van der Waals surface area contributed by atoms with Crippen LogP contribution in [0.4, 0.5) is 4.79 Å². The Balaban J connectivity index is 1.07. The number of pyridine rings is 1. The third-order valence-corrected chi connectivity index (χ3v) is 8.11. The minimum Gasteiger partial charge on any atom is -0.390 e. The van der Waals surface area contributed by atoms with Crippen molar-refractivity contribution in [2.45, 2.75) is 57.7 Å². The summed E-state index contributed by atoms with van der Waals surface area (Å²) in [7, 11) is 0. The lowest BCUT2D eigenvalue weighted by molar-refractivity contribution is -0.131. The average molecular weight is 506 g/mol. The van der Waals surface area contributed by atoms with E-state index in [0.717, 1.165) is 51.1 Å². The highest BCUT2D eigenvalue weighted by Gasteiger charge is 2.31.